The highest BCUT2D eigenvalue weighted by molar-refractivity contribution is 6.25. The van der Waals surface area contributed by atoms with Gasteiger partial charge in [0.15, 0.2) is 11.5 Å². The highest BCUT2D eigenvalue weighted by atomic mass is 19.1. The first-order valence-corrected chi connectivity index (χ1v) is 9.37. The van der Waals surface area contributed by atoms with Crippen LogP contribution in [0.2, 0.25) is 0 Å². The third kappa shape index (κ3) is 3.28. The van der Waals surface area contributed by atoms with E-state index in [4.69, 9.17) is 9.47 Å². The van der Waals surface area contributed by atoms with Gasteiger partial charge in [0.05, 0.1) is 14.2 Å². The van der Waals surface area contributed by atoms with Crippen molar-refractivity contribution in [2.75, 3.05) is 19.1 Å². The molecule has 1 heterocycles. The molecule has 1 aliphatic heterocycles. The van der Waals surface area contributed by atoms with Crippen molar-refractivity contribution in [3.63, 3.8) is 0 Å². The summed E-state index contributed by atoms with van der Waals surface area (Å²) in [6.07, 6.45) is 6.96. The first kappa shape index (κ1) is 19.6. The molecule has 0 saturated heterocycles. The predicted molar refractivity (Wildman–Crippen MR) is 110 cm³/mol. The number of ether oxygens (including phenoxy) is 2. The number of carbonyl (C=O) groups excluding carboxylic acids is 2. The number of methoxy groups -OCH3 is 2. The standard InChI is InChI=1S/C23H20FN2O4/c1-29-20-12-11-16(13-21(20)30-2)26-22(27)17-8-4-6-10-19(17)25(23(26)28)14-15-7-3-5-9-18(15)24/h3-13,17H,14H2,1-2H3/q+1. The number of anilines is 1. The maximum Gasteiger partial charge on any atom is 0.506 e. The molecule has 1 aliphatic carbocycles. The maximum atomic E-state index is 14.3. The first-order valence-electron chi connectivity index (χ1n) is 9.37. The lowest BCUT2D eigenvalue weighted by Crippen LogP contribution is -2.54. The third-order valence-corrected chi connectivity index (χ3v) is 5.13. The summed E-state index contributed by atoms with van der Waals surface area (Å²) in [5.74, 6) is -0.563. The monoisotopic (exact) mass is 407 g/mol. The van der Waals surface area contributed by atoms with Crippen LogP contribution in [0, 0.1) is 11.7 Å². The van der Waals surface area contributed by atoms with Gasteiger partial charge in [-0.05, 0) is 24.3 Å². The highest BCUT2D eigenvalue weighted by Crippen LogP contribution is 2.34. The van der Waals surface area contributed by atoms with Gasteiger partial charge in [-0.1, -0.05) is 36.4 Å². The summed E-state index contributed by atoms with van der Waals surface area (Å²) in [5.41, 5.74) is 1.23. The molecule has 0 spiro atoms. The van der Waals surface area contributed by atoms with E-state index in [1.807, 2.05) is 0 Å². The summed E-state index contributed by atoms with van der Waals surface area (Å²) < 4.78 is 26.3. The van der Waals surface area contributed by atoms with E-state index in [0.29, 0.717) is 28.5 Å². The molecular formula is C23H20FN2O4+. The highest BCUT2D eigenvalue weighted by Gasteiger charge is 2.48. The van der Waals surface area contributed by atoms with E-state index < -0.39 is 17.8 Å². The minimum Gasteiger partial charge on any atom is -0.493 e. The van der Waals surface area contributed by atoms with Crippen LogP contribution in [0.4, 0.5) is 14.9 Å². The molecule has 0 saturated carbocycles. The molecule has 2 aromatic rings. The smallest absolute Gasteiger partial charge is 0.493 e. The topological polar surface area (TPSA) is 58.8 Å². The number of fused-ring (bicyclic) bond motifs is 1. The molecule has 0 N–H and O–H groups in total. The molecule has 6 nitrogen and oxygen atoms in total. The third-order valence-electron chi connectivity index (χ3n) is 5.13. The Morgan fingerprint density at radius 1 is 1.03 bits per heavy atom. The first-order chi connectivity index (χ1) is 14.5. The average molecular weight is 407 g/mol. The van der Waals surface area contributed by atoms with Gasteiger partial charge in [-0.25, -0.2) is 9.18 Å². The van der Waals surface area contributed by atoms with Gasteiger partial charge < -0.3 is 9.47 Å². The van der Waals surface area contributed by atoms with Gasteiger partial charge in [-0.15, -0.1) is 4.90 Å². The molecule has 0 bridgehead atoms. The van der Waals surface area contributed by atoms with E-state index in [9.17, 15) is 14.0 Å². The van der Waals surface area contributed by atoms with Crippen molar-refractivity contribution in [2.24, 2.45) is 5.92 Å². The summed E-state index contributed by atoms with van der Waals surface area (Å²) in [4.78, 5) is 27.7. The Kier molecular flexibility index (Phi) is 5.18. The van der Waals surface area contributed by atoms with Crippen molar-refractivity contribution >= 4 is 23.3 Å². The number of halogens is 1. The van der Waals surface area contributed by atoms with E-state index in [2.05, 4.69) is 0 Å². The van der Waals surface area contributed by atoms with Crippen molar-refractivity contribution in [1.29, 1.82) is 0 Å². The number of imide groups is 1. The van der Waals surface area contributed by atoms with Crippen LogP contribution in [0.15, 0.2) is 66.8 Å². The molecule has 0 fully saturated rings. The van der Waals surface area contributed by atoms with Gasteiger partial charge in [0.1, 0.15) is 29.7 Å². The Balaban J connectivity index is 1.81. The van der Waals surface area contributed by atoms with Crippen molar-refractivity contribution < 1.29 is 28.0 Å². The minimum absolute atomic E-state index is 0.00654. The number of nitrogens with zero attached hydrogens (tertiary/aromatic N) is 2. The normalized spacial score (nSPS) is 18.0. The molecule has 0 radical (unpaired) electrons. The molecule has 1 unspecified atom stereocenters. The van der Waals surface area contributed by atoms with Crippen LogP contribution >= 0.6 is 0 Å². The number of amides is 3. The molecular weight excluding hydrogens is 387 g/mol. The van der Waals surface area contributed by atoms with Crippen LogP contribution in [0.1, 0.15) is 5.56 Å². The minimum atomic E-state index is -0.646. The van der Waals surface area contributed by atoms with Crippen molar-refractivity contribution in [1.82, 2.24) is 0 Å². The van der Waals surface area contributed by atoms with Crippen LogP contribution in [0.3, 0.4) is 0 Å². The fraction of sp³-hybridized carbons (Fsp3) is 0.174. The number of rotatable bonds is 5. The van der Waals surface area contributed by atoms with Gasteiger partial charge in [-0.2, -0.15) is 9.37 Å². The number of allylic oxidation sites excluding steroid dienone is 3. The van der Waals surface area contributed by atoms with Gasteiger partial charge in [0, 0.05) is 11.6 Å². The Labute approximate surface area is 173 Å². The predicted octanol–water partition coefficient (Wildman–Crippen LogP) is 3.71. The second kappa shape index (κ2) is 7.94. The van der Waals surface area contributed by atoms with E-state index in [-0.39, 0.29) is 12.5 Å². The van der Waals surface area contributed by atoms with Crippen LogP contribution < -0.4 is 14.4 Å². The zero-order chi connectivity index (χ0) is 21.3. The van der Waals surface area contributed by atoms with E-state index >= 15 is 0 Å². The van der Waals surface area contributed by atoms with Gasteiger partial charge in [0.2, 0.25) is 0 Å². The SMILES string of the molecule is COc1ccc(N2C(=O)C3C=CC=CC3=[N+](Cc3ccccc3F)C2=O)cc1OC. The van der Waals surface area contributed by atoms with Crippen LogP contribution in [-0.2, 0) is 11.3 Å². The second-order valence-electron chi connectivity index (χ2n) is 6.82. The summed E-state index contributed by atoms with van der Waals surface area (Å²) in [6.45, 7) is 0.00654. The largest absolute Gasteiger partial charge is 0.506 e. The number of benzene rings is 2. The summed E-state index contributed by atoms with van der Waals surface area (Å²) in [6, 6.07) is 10.5. The number of hydrogen-bond acceptors (Lipinski definition) is 4. The van der Waals surface area contributed by atoms with Crippen LogP contribution in [0.25, 0.3) is 0 Å². The van der Waals surface area contributed by atoms with E-state index in [1.54, 1.807) is 60.7 Å². The Hall–Kier alpha value is -3.74. The lowest BCUT2D eigenvalue weighted by atomic mass is 9.94. The molecule has 1 atom stereocenters. The number of carbonyl (C=O) groups is 2. The zero-order valence-electron chi connectivity index (χ0n) is 16.5. The molecule has 4 rings (SSSR count). The molecule has 152 valence electrons. The van der Waals surface area contributed by atoms with Gasteiger partial charge in [-0.3, -0.25) is 0 Å². The van der Waals surface area contributed by atoms with Gasteiger partial charge in [0.25, 0.3) is 0 Å². The van der Waals surface area contributed by atoms with Gasteiger partial charge >= 0.3 is 11.9 Å². The Bertz CT molecular complexity index is 1120. The summed E-state index contributed by atoms with van der Waals surface area (Å²) in [7, 11) is 2.98. The van der Waals surface area contributed by atoms with Crippen molar-refractivity contribution in [3.05, 3.63) is 78.1 Å². The molecule has 0 aromatic heterocycles. The zero-order valence-corrected chi connectivity index (χ0v) is 16.5. The molecule has 3 amide bonds. The number of hydrogen-bond donors (Lipinski definition) is 0. The van der Waals surface area contributed by atoms with Crippen molar-refractivity contribution in [2.45, 2.75) is 6.54 Å². The van der Waals surface area contributed by atoms with Crippen molar-refractivity contribution in [3.8, 4) is 11.5 Å². The molecule has 30 heavy (non-hydrogen) atoms. The lowest BCUT2D eigenvalue weighted by Gasteiger charge is -2.27. The maximum absolute atomic E-state index is 14.3. The number of urea groups is 1. The fourth-order valence-corrected chi connectivity index (χ4v) is 3.62. The lowest BCUT2D eigenvalue weighted by molar-refractivity contribution is -0.446. The Morgan fingerprint density at radius 2 is 1.80 bits per heavy atom. The Morgan fingerprint density at radius 3 is 2.53 bits per heavy atom. The quantitative estimate of drug-likeness (QED) is 0.709. The van der Waals surface area contributed by atoms with Crippen LogP contribution in [-0.4, -0.2) is 36.4 Å². The molecule has 2 aliphatic rings. The van der Waals surface area contributed by atoms with E-state index in [0.717, 1.165) is 4.90 Å². The van der Waals surface area contributed by atoms with Crippen LogP contribution in [0.5, 0.6) is 11.5 Å². The fourth-order valence-electron chi connectivity index (χ4n) is 3.62. The second-order valence-corrected chi connectivity index (χ2v) is 6.82. The molecule has 7 heteroatoms. The summed E-state index contributed by atoms with van der Waals surface area (Å²) in [5, 5.41) is 0. The van der Waals surface area contributed by atoms with E-state index in [1.165, 1.54) is 24.9 Å². The molecule has 2 aromatic carbocycles. The average Bonchev–Trinajstić information content (AvgIpc) is 2.77. The summed E-state index contributed by atoms with van der Waals surface area (Å²) >= 11 is 0.